The van der Waals surface area contributed by atoms with Crippen molar-refractivity contribution in [2.75, 3.05) is 38.2 Å². The molecule has 1 aromatic rings. The summed E-state index contributed by atoms with van der Waals surface area (Å²) in [5.74, 6) is 0.724. The molecule has 4 aliphatic rings. The molecule has 4 heteroatoms. The predicted molar refractivity (Wildman–Crippen MR) is 94.1 cm³/mol. The number of para-hydroxylation sites is 1. The first-order valence-electron chi connectivity index (χ1n) is 9.63. The predicted octanol–water partition coefficient (Wildman–Crippen LogP) is 2.89. The minimum atomic E-state index is 0.438. The maximum absolute atomic E-state index is 6.07. The summed E-state index contributed by atoms with van der Waals surface area (Å²) >= 11 is 0. The minimum Gasteiger partial charge on any atom is -0.381 e. The number of ether oxygens (including phenoxy) is 2. The zero-order valence-electron chi connectivity index (χ0n) is 14.4. The lowest BCUT2D eigenvalue weighted by molar-refractivity contribution is -0.158. The van der Waals surface area contributed by atoms with Gasteiger partial charge in [0.25, 0.3) is 0 Å². The first-order chi connectivity index (χ1) is 11.9. The third kappa shape index (κ3) is 2.31. The number of hydrogen-bond donors (Lipinski definition) is 1. The average Bonchev–Trinajstić information content (AvgIpc) is 2.99. The van der Waals surface area contributed by atoms with Crippen molar-refractivity contribution in [1.29, 1.82) is 0 Å². The molecule has 2 aliphatic carbocycles. The van der Waals surface area contributed by atoms with E-state index in [4.69, 9.17) is 9.47 Å². The molecule has 1 spiro atoms. The van der Waals surface area contributed by atoms with Crippen LogP contribution in [0.2, 0.25) is 0 Å². The topological polar surface area (TPSA) is 33.7 Å². The van der Waals surface area contributed by atoms with Crippen molar-refractivity contribution in [3.63, 3.8) is 0 Å². The van der Waals surface area contributed by atoms with E-state index in [1.807, 2.05) is 0 Å². The summed E-state index contributed by atoms with van der Waals surface area (Å²) in [6.07, 6.45) is 5.83. The van der Waals surface area contributed by atoms with E-state index >= 15 is 0 Å². The van der Waals surface area contributed by atoms with Crippen molar-refractivity contribution in [2.45, 2.75) is 44.4 Å². The Balaban J connectivity index is 1.33. The van der Waals surface area contributed by atoms with Crippen LogP contribution in [0.1, 0.15) is 31.2 Å². The van der Waals surface area contributed by atoms with Gasteiger partial charge in [0.15, 0.2) is 0 Å². The van der Waals surface area contributed by atoms with Gasteiger partial charge in [0.05, 0.1) is 19.3 Å². The van der Waals surface area contributed by atoms with Crippen LogP contribution in [0.5, 0.6) is 0 Å². The summed E-state index contributed by atoms with van der Waals surface area (Å²) in [7, 11) is 0. The first kappa shape index (κ1) is 15.2. The lowest BCUT2D eigenvalue weighted by atomic mass is 9.46. The standard InChI is InChI=1S/C20H28N2O2/c1-2-5-17(15(4-1)14-22-9-12-23-13-10-22)21-18-16-6-11-24-19(16)20(18)7-3-8-20/h1-2,4-5,16,18-19,21H,3,6-14H2/t16-,18+,19+/m0/s1. The van der Waals surface area contributed by atoms with Crippen LogP contribution < -0.4 is 5.32 Å². The molecular formula is C20H28N2O2. The molecule has 1 N–H and O–H groups in total. The van der Waals surface area contributed by atoms with Gasteiger partial charge < -0.3 is 14.8 Å². The number of hydrogen-bond acceptors (Lipinski definition) is 4. The average molecular weight is 328 g/mol. The molecule has 3 atom stereocenters. The normalized spacial score (nSPS) is 34.4. The van der Waals surface area contributed by atoms with Crippen LogP contribution in [-0.4, -0.2) is 50.0 Å². The summed E-state index contributed by atoms with van der Waals surface area (Å²) in [6, 6.07) is 9.50. The van der Waals surface area contributed by atoms with Gasteiger partial charge in [-0.2, -0.15) is 0 Å². The zero-order chi connectivity index (χ0) is 16.0. The second-order valence-corrected chi connectivity index (χ2v) is 8.00. The smallest absolute Gasteiger partial charge is 0.0699 e. The van der Waals surface area contributed by atoms with Crippen molar-refractivity contribution in [2.24, 2.45) is 11.3 Å². The molecule has 2 saturated carbocycles. The SMILES string of the molecule is c1ccc(N[C@@H]2[C@@H]3CCO[C@H]3C23CCC3)c(CN2CCOCC2)c1. The van der Waals surface area contributed by atoms with E-state index in [2.05, 4.69) is 34.5 Å². The van der Waals surface area contributed by atoms with Crippen molar-refractivity contribution >= 4 is 5.69 Å². The summed E-state index contributed by atoms with van der Waals surface area (Å²) in [4.78, 5) is 2.51. The Hall–Kier alpha value is -1.10. The fraction of sp³-hybridized carbons (Fsp3) is 0.700. The molecule has 2 heterocycles. The second kappa shape index (κ2) is 6.01. The Morgan fingerprint density at radius 2 is 1.96 bits per heavy atom. The zero-order valence-corrected chi connectivity index (χ0v) is 14.4. The van der Waals surface area contributed by atoms with E-state index in [0.29, 0.717) is 17.6 Å². The number of anilines is 1. The van der Waals surface area contributed by atoms with Crippen molar-refractivity contribution in [3.8, 4) is 0 Å². The van der Waals surface area contributed by atoms with Crippen molar-refractivity contribution in [1.82, 2.24) is 4.90 Å². The van der Waals surface area contributed by atoms with Gasteiger partial charge in [0.2, 0.25) is 0 Å². The number of fused-ring (bicyclic) bond motifs is 2. The Kier molecular flexibility index (Phi) is 3.80. The van der Waals surface area contributed by atoms with Gasteiger partial charge in [0, 0.05) is 49.3 Å². The minimum absolute atomic E-state index is 0.438. The van der Waals surface area contributed by atoms with Crippen LogP contribution in [0.3, 0.4) is 0 Å². The van der Waals surface area contributed by atoms with E-state index in [1.54, 1.807) is 0 Å². The third-order valence-electron chi connectivity index (χ3n) is 6.86. The molecule has 0 amide bonds. The summed E-state index contributed by atoms with van der Waals surface area (Å²) < 4.78 is 11.6. The highest BCUT2D eigenvalue weighted by Gasteiger charge is 2.66. The molecule has 2 saturated heterocycles. The van der Waals surface area contributed by atoms with E-state index < -0.39 is 0 Å². The van der Waals surface area contributed by atoms with Crippen LogP contribution in [0.15, 0.2) is 24.3 Å². The molecule has 2 aliphatic heterocycles. The summed E-state index contributed by atoms with van der Waals surface area (Å²) in [5, 5.41) is 3.96. The van der Waals surface area contributed by atoms with E-state index in [-0.39, 0.29) is 0 Å². The molecule has 1 aromatic carbocycles. The first-order valence-corrected chi connectivity index (χ1v) is 9.63. The maximum atomic E-state index is 6.07. The van der Waals surface area contributed by atoms with Crippen molar-refractivity contribution in [3.05, 3.63) is 29.8 Å². The van der Waals surface area contributed by atoms with Crippen LogP contribution in [0.25, 0.3) is 0 Å². The van der Waals surface area contributed by atoms with E-state index in [9.17, 15) is 0 Å². The Labute approximate surface area is 144 Å². The number of nitrogens with zero attached hydrogens (tertiary/aromatic N) is 1. The van der Waals surface area contributed by atoms with Gasteiger partial charge >= 0.3 is 0 Å². The third-order valence-corrected chi connectivity index (χ3v) is 6.86. The lowest BCUT2D eigenvalue weighted by Crippen LogP contribution is -2.68. The van der Waals surface area contributed by atoms with E-state index in [1.165, 1.54) is 36.9 Å². The van der Waals surface area contributed by atoms with E-state index in [0.717, 1.165) is 45.4 Å². The molecular weight excluding hydrogens is 300 g/mol. The monoisotopic (exact) mass is 328 g/mol. The Bertz CT molecular complexity index is 595. The Morgan fingerprint density at radius 1 is 1.12 bits per heavy atom. The van der Waals surface area contributed by atoms with Gasteiger partial charge in [-0.1, -0.05) is 24.6 Å². The molecule has 4 fully saturated rings. The van der Waals surface area contributed by atoms with Gasteiger partial charge in [-0.3, -0.25) is 4.90 Å². The highest BCUT2D eigenvalue weighted by Crippen LogP contribution is 2.63. The maximum Gasteiger partial charge on any atom is 0.0699 e. The molecule has 0 bridgehead atoms. The number of morpholine rings is 1. The quantitative estimate of drug-likeness (QED) is 0.921. The molecule has 0 radical (unpaired) electrons. The van der Waals surface area contributed by atoms with Gasteiger partial charge in [-0.05, 0) is 30.9 Å². The summed E-state index contributed by atoms with van der Waals surface area (Å²) in [6.45, 7) is 5.80. The second-order valence-electron chi connectivity index (χ2n) is 8.00. The summed E-state index contributed by atoms with van der Waals surface area (Å²) in [5.41, 5.74) is 3.20. The van der Waals surface area contributed by atoms with Gasteiger partial charge in [-0.25, -0.2) is 0 Å². The lowest BCUT2D eigenvalue weighted by Gasteiger charge is -2.63. The Morgan fingerprint density at radius 3 is 2.75 bits per heavy atom. The van der Waals surface area contributed by atoms with Crippen LogP contribution in [-0.2, 0) is 16.0 Å². The van der Waals surface area contributed by atoms with Gasteiger partial charge in [0.1, 0.15) is 0 Å². The van der Waals surface area contributed by atoms with Crippen LogP contribution >= 0.6 is 0 Å². The fourth-order valence-corrected chi connectivity index (χ4v) is 5.42. The molecule has 130 valence electrons. The van der Waals surface area contributed by atoms with Crippen molar-refractivity contribution < 1.29 is 9.47 Å². The molecule has 24 heavy (non-hydrogen) atoms. The fourth-order valence-electron chi connectivity index (χ4n) is 5.42. The highest BCUT2D eigenvalue weighted by atomic mass is 16.5. The number of rotatable bonds is 4. The van der Waals surface area contributed by atoms with Gasteiger partial charge in [-0.15, -0.1) is 0 Å². The molecule has 4 nitrogen and oxygen atoms in total. The number of nitrogens with one attached hydrogen (secondary N) is 1. The highest BCUT2D eigenvalue weighted by molar-refractivity contribution is 5.53. The molecule has 0 unspecified atom stereocenters. The van der Waals surface area contributed by atoms with Crippen LogP contribution in [0.4, 0.5) is 5.69 Å². The molecule has 5 rings (SSSR count). The number of benzene rings is 1. The molecule has 0 aromatic heterocycles. The largest absolute Gasteiger partial charge is 0.381 e. The van der Waals surface area contributed by atoms with Crippen LogP contribution in [0, 0.1) is 11.3 Å².